The van der Waals surface area contributed by atoms with Crippen LogP contribution in [0.3, 0.4) is 0 Å². The van der Waals surface area contributed by atoms with Crippen LogP contribution in [0.2, 0.25) is 18.1 Å². The molecule has 0 amide bonds. The molecule has 0 saturated heterocycles. The third kappa shape index (κ3) is 6.06. The maximum atomic E-state index is 14.5. The number of ketones is 1. The molecule has 5 rings (SSSR count). The molecule has 0 bridgehead atoms. The van der Waals surface area contributed by atoms with Crippen molar-refractivity contribution in [1.29, 1.82) is 0 Å². The lowest BCUT2D eigenvalue weighted by Gasteiger charge is -2.45. The summed E-state index contributed by atoms with van der Waals surface area (Å²) in [5, 5.41) is 0.0170. The van der Waals surface area contributed by atoms with Gasteiger partial charge in [-0.25, -0.2) is 0 Å². The smallest absolute Gasteiger partial charge is 0.410 e. The summed E-state index contributed by atoms with van der Waals surface area (Å²) in [6.45, 7) is 15.9. The van der Waals surface area contributed by atoms with Crippen molar-refractivity contribution >= 4 is 19.7 Å². The minimum absolute atomic E-state index is 0.0136. The van der Waals surface area contributed by atoms with Gasteiger partial charge in [0.05, 0.1) is 22.9 Å². The molecule has 3 aliphatic rings. The first-order chi connectivity index (χ1) is 19.5. The second kappa shape index (κ2) is 11.0. The van der Waals surface area contributed by atoms with Gasteiger partial charge in [-0.2, -0.15) is 13.2 Å². The van der Waals surface area contributed by atoms with Crippen LogP contribution in [-0.4, -0.2) is 19.1 Å². The Hall–Kier alpha value is -2.25. The third-order valence-corrected chi connectivity index (χ3v) is 14.6. The molecule has 7 heteroatoms. The van der Waals surface area contributed by atoms with E-state index in [1.165, 1.54) is 12.1 Å². The minimum Gasteiger partial charge on any atom is -0.410 e. The topological polar surface area (TPSA) is 39.2 Å². The molecular weight excluding hydrogens is 551 g/mol. The van der Waals surface area contributed by atoms with Gasteiger partial charge >= 0.3 is 6.18 Å². The number of hydrogen-bond donors (Lipinski definition) is 0. The summed E-state index contributed by atoms with van der Waals surface area (Å²) >= 11 is 0. The first kappa shape index (κ1) is 31.2. The Kier molecular flexibility index (Phi) is 8.19. The first-order valence-corrected chi connectivity index (χ1v) is 18.6. The van der Waals surface area contributed by atoms with Gasteiger partial charge < -0.3 is 4.43 Å². The fourth-order valence-electron chi connectivity index (χ4n) is 6.87. The van der Waals surface area contributed by atoms with Gasteiger partial charge in [0, 0.05) is 16.8 Å². The molecule has 1 fully saturated rings. The summed E-state index contributed by atoms with van der Waals surface area (Å²) in [6.07, 6.45) is 6.27. The van der Waals surface area contributed by atoms with Crippen LogP contribution in [-0.2, 0) is 17.0 Å². The van der Waals surface area contributed by atoms with Crippen molar-refractivity contribution in [1.82, 2.24) is 4.98 Å². The molecule has 3 aliphatic carbocycles. The highest BCUT2D eigenvalue weighted by atomic mass is 28.4. The number of rotatable bonds is 6. The zero-order chi connectivity index (χ0) is 30.7. The number of benzene rings is 1. The summed E-state index contributed by atoms with van der Waals surface area (Å²) in [5.74, 6) is -0.0118. The fraction of sp³-hybridized carbons (Fsp3) is 0.600. The van der Waals surface area contributed by atoms with Gasteiger partial charge in [-0.3, -0.25) is 9.78 Å². The summed E-state index contributed by atoms with van der Waals surface area (Å²) in [5.41, 5.74) is 5.19. The van der Waals surface area contributed by atoms with Crippen molar-refractivity contribution in [2.75, 3.05) is 0 Å². The zero-order valence-corrected chi connectivity index (χ0v) is 27.3. The van der Waals surface area contributed by atoms with Crippen LogP contribution in [0.1, 0.15) is 142 Å². The van der Waals surface area contributed by atoms with Crippen molar-refractivity contribution in [3.05, 3.63) is 69.5 Å². The number of pyridine rings is 1. The number of nitrogens with zero attached hydrogens (tertiary/aromatic N) is 1. The van der Waals surface area contributed by atoms with Gasteiger partial charge in [0.25, 0.3) is 0 Å². The van der Waals surface area contributed by atoms with Gasteiger partial charge in [-0.05, 0) is 97.7 Å². The van der Waals surface area contributed by atoms with Crippen LogP contribution in [0.5, 0.6) is 0 Å². The van der Waals surface area contributed by atoms with E-state index in [1.807, 2.05) is 0 Å². The maximum absolute atomic E-state index is 14.5. The SMILES string of the molecule is CC1(C)Cc2nc(C3=CCCC3)c(C(=O)c3ccc(C(F)(F)F)cc3)c(C3CCCC3)c2[C@@H](O[Si](C)(C)C(C)(C)C)C1. The largest absolute Gasteiger partial charge is 0.416 e. The Labute approximate surface area is 250 Å². The van der Waals surface area contributed by atoms with Gasteiger partial charge in [-0.15, -0.1) is 0 Å². The van der Waals surface area contributed by atoms with E-state index in [4.69, 9.17) is 9.41 Å². The van der Waals surface area contributed by atoms with Crippen molar-refractivity contribution < 1.29 is 22.4 Å². The lowest BCUT2D eigenvalue weighted by Crippen LogP contribution is -2.44. The normalized spacial score (nSPS) is 21.4. The lowest BCUT2D eigenvalue weighted by molar-refractivity contribution is -0.137. The van der Waals surface area contributed by atoms with E-state index in [1.54, 1.807) is 0 Å². The Bertz CT molecular complexity index is 1380. The number of alkyl halides is 3. The molecule has 1 aromatic heterocycles. The van der Waals surface area contributed by atoms with Crippen LogP contribution in [0.25, 0.3) is 5.57 Å². The number of fused-ring (bicyclic) bond motifs is 1. The van der Waals surface area contributed by atoms with Gasteiger partial charge in [0.2, 0.25) is 0 Å². The molecule has 0 N–H and O–H groups in total. The Morgan fingerprint density at radius 2 is 1.64 bits per heavy atom. The van der Waals surface area contributed by atoms with Crippen LogP contribution in [0.15, 0.2) is 30.3 Å². The molecule has 228 valence electrons. The second-order valence-electron chi connectivity index (χ2n) is 15.0. The molecule has 0 aliphatic heterocycles. The second-order valence-corrected chi connectivity index (χ2v) is 19.8. The van der Waals surface area contributed by atoms with Gasteiger partial charge in [0.1, 0.15) is 0 Å². The summed E-state index contributed by atoms with van der Waals surface area (Å²) in [4.78, 5) is 19.9. The Balaban J connectivity index is 1.77. The van der Waals surface area contributed by atoms with Crippen LogP contribution in [0.4, 0.5) is 13.2 Å². The molecule has 42 heavy (non-hydrogen) atoms. The van der Waals surface area contributed by atoms with Gasteiger partial charge in [0.15, 0.2) is 14.1 Å². The molecule has 1 heterocycles. The van der Waals surface area contributed by atoms with E-state index in [2.05, 4.69) is 53.8 Å². The standard InChI is InChI=1S/C35H46F3NO2Si/c1-33(2,3)42(6,7)41-27-21-34(4,5)20-26-29(27)28(22-12-8-9-13-22)30(31(39-26)23-14-10-11-15-23)32(40)24-16-18-25(19-17-24)35(36,37)38/h14,16-19,22,27H,8-13,15,20-21H2,1-7H3/t27-/m0/s1. The monoisotopic (exact) mass is 597 g/mol. The predicted octanol–water partition coefficient (Wildman–Crippen LogP) is 10.6. The third-order valence-electron chi connectivity index (χ3n) is 10.1. The molecular formula is C35H46F3NO2Si. The molecule has 2 aromatic rings. The lowest BCUT2D eigenvalue weighted by atomic mass is 9.70. The van der Waals surface area contributed by atoms with Crippen molar-refractivity contribution in [3.8, 4) is 0 Å². The zero-order valence-electron chi connectivity index (χ0n) is 26.3. The van der Waals surface area contributed by atoms with Crippen LogP contribution >= 0.6 is 0 Å². The fourth-order valence-corrected chi connectivity index (χ4v) is 8.13. The molecule has 0 radical (unpaired) electrons. The quantitative estimate of drug-likeness (QED) is 0.246. The highest BCUT2D eigenvalue weighted by Crippen LogP contribution is 2.52. The minimum atomic E-state index is -4.45. The van der Waals surface area contributed by atoms with E-state index in [9.17, 15) is 18.0 Å². The van der Waals surface area contributed by atoms with Crippen LogP contribution in [0, 0.1) is 5.41 Å². The number of allylic oxidation sites excluding steroid dienone is 2. The number of carbonyl (C=O) groups excluding carboxylic acids is 1. The van der Waals surface area contributed by atoms with Gasteiger partial charge in [-0.1, -0.05) is 65.7 Å². The van der Waals surface area contributed by atoms with Crippen LogP contribution < -0.4 is 0 Å². The Morgan fingerprint density at radius 3 is 2.19 bits per heavy atom. The summed E-state index contributed by atoms with van der Waals surface area (Å²) in [6, 6.07) is 4.72. The highest BCUT2D eigenvalue weighted by molar-refractivity contribution is 6.74. The average molecular weight is 598 g/mol. The molecule has 1 saturated carbocycles. The first-order valence-electron chi connectivity index (χ1n) is 15.6. The van der Waals surface area contributed by atoms with E-state index < -0.39 is 20.1 Å². The molecule has 1 aromatic carbocycles. The van der Waals surface area contributed by atoms with E-state index in [0.717, 1.165) is 98.0 Å². The molecule has 0 unspecified atom stereocenters. The van der Waals surface area contributed by atoms with Crippen molar-refractivity contribution in [2.45, 2.75) is 129 Å². The molecule has 3 nitrogen and oxygen atoms in total. The number of aromatic nitrogens is 1. The summed E-state index contributed by atoms with van der Waals surface area (Å²) < 4.78 is 47.4. The molecule has 1 atom stereocenters. The van der Waals surface area contributed by atoms with E-state index in [0.29, 0.717) is 5.56 Å². The van der Waals surface area contributed by atoms with Crippen molar-refractivity contribution in [3.63, 3.8) is 0 Å². The number of hydrogen-bond acceptors (Lipinski definition) is 3. The average Bonchev–Trinajstić information content (AvgIpc) is 3.60. The van der Waals surface area contributed by atoms with E-state index >= 15 is 0 Å². The molecule has 0 spiro atoms. The Morgan fingerprint density at radius 1 is 1.00 bits per heavy atom. The predicted molar refractivity (Wildman–Crippen MR) is 165 cm³/mol. The summed E-state index contributed by atoms with van der Waals surface area (Å²) in [7, 11) is -2.19. The maximum Gasteiger partial charge on any atom is 0.416 e. The number of halogens is 3. The van der Waals surface area contributed by atoms with E-state index in [-0.39, 0.29) is 33.8 Å². The number of carbonyl (C=O) groups is 1. The highest BCUT2D eigenvalue weighted by Gasteiger charge is 2.46. The van der Waals surface area contributed by atoms with Crippen molar-refractivity contribution in [2.24, 2.45) is 5.41 Å².